The maximum Gasteiger partial charge on any atom is 0.472 e. The molecule has 0 heterocycles. The number of rotatable bonds is 36. The molecule has 9 heteroatoms. The fourth-order valence-corrected chi connectivity index (χ4v) is 6.34. The van der Waals surface area contributed by atoms with Crippen molar-refractivity contribution in [1.29, 1.82) is 0 Å². The van der Waals surface area contributed by atoms with E-state index in [1.54, 1.807) is 6.08 Å². The second-order valence-corrected chi connectivity index (χ2v) is 16.5. The fraction of sp³-hybridized carbons (Fsp3) is 0.875. The molecule has 49 heavy (non-hydrogen) atoms. The Labute approximate surface area is 303 Å². The molecule has 0 spiro atoms. The average Bonchev–Trinajstić information content (AvgIpc) is 3.04. The van der Waals surface area contributed by atoms with Gasteiger partial charge < -0.3 is 19.8 Å². The number of phosphoric ester groups is 1. The number of hydrogen-bond acceptors (Lipinski definition) is 5. The van der Waals surface area contributed by atoms with Crippen LogP contribution in [-0.2, 0) is 18.4 Å². The minimum Gasteiger partial charge on any atom is -0.387 e. The lowest BCUT2D eigenvalue weighted by Crippen LogP contribution is -2.45. The summed E-state index contributed by atoms with van der Waals surface area (Å²) < 4.78 is 23.5. The highest BCUT2D eigenvalue weighted by molar-refractivity contribution is 7.47. The van der Waals surface area contributed by atoms with Crippen molar-refractivity contribution >= 4 is 13.7 Å². The van der Waals surface area contributed by atoms with Gasteiger partial charge in [0.1, 0.15) is 13.2 Å². The van der Waals surface area contributed by atoms with E-state index < -0.39 is 20.0 Å². The summed E-state index contributed by atoms with van der Waals surface area (Å²) in [6.45, 7) is 4.75. The normalized spacial score (nSPS) is 14.8. The summed E-state index contributed by atoms with van der Waals surface area (Å²) in [4.78, 5) is 23.0. The molecule has 0 rings (SSSR count). The third kappa shape index (κ3) is 35.2. The number of aliphatic hydroxyl groups excluding tert-OH is 1. The van der Waals surface area contributed by atoms with Gasteiger partial charge in [0.15, 0.2) is 0 Å². The van der Waals surface area contributed by atoms with Crippen LogP contribution in [0.1, 0.15) is 174 Å². The minimum absolute atomic E-state index is 0.0606. The van der Waals surface area contributed by atoms with Crippen molar-refractivity contribution in [1.82, 2.24) is 5.32 Å². The number of likely N-dealkylation sites (N-methyl/N-ethyl adjacent to an activating group) is 1. The maximum atomic E-state index is 12.8. The smallest absolute Gasteiger partial charge is 0.387 e. The highest BCUT2D eigenvalue weighted by Crippen LogP contribution is 2.43. The molecular weight excluding hydrogens is 635 g/mol. The number of carbonyl (C=O) groups is 1. The summed E-state index contributed by atoms with van der Waals surface area (Å²) in [7, 11) is 1.57. The van der Waals surface area contributed by atoms with E-state index in [9.17, 15) is 19.4 Å². The number of nitrogens with one attached hydrogen (secondary N) is 1. The molecule has 0 aliphatic carbocycles. The molecule has 290 valence electrons. The number of nitrogens with zero attached hydrogens (tertiary/aromatic N) is 1. The lowest BCUT2D eigenvalue weighted by atomic mass is 10.0. The molecule has 3 N–H and O–H groups in total. The van der Waals surface area contributed by atoms with Gasteiger partial charge in [0.05, 0.1) is 39.9 Å². The molecular formula is C40H80N2O6P+. The lowest BCUT2D eigenvalue weighted by Gasteiger charge is -2.25. The van der Waals surface area contributed by atoms with Gasteiger partial charge in [-0.3, -0.25) is 13.8 Å². The Morgan fingerprint density at radius 3 is 1.63 bits per heavy atom. The van der Waals surface area contributed by atoms with Crippen molar-refractivity contribution in [3.05, 3.63) is 24.3 Å². The van der Waals surface area contributed by atoms with Crippen LogP contribution in [0.15, 0.2) is 24.3 Å². The minimum atomic E-state index is -4.33. The van der Waals surface area contributed by atoms with E-state index in [4.69, 9.17) is 9.05 Å². The van der Waals surface area contributed by atoms with E-state index in [2.05, 4.69) is 31.3 Å². The largest absolute Gasteiger partial charge is 0.472 e. The first-order valence-electron chi connectivity index (χ1n) is 20.2. The number of carbonyl (C=O) groups excluding carboxylic acids is 1. The first-order valence-corrected chi connectivity index (χ1v) is 21.7. The molecule has 8 nitrogen and oxygen atoms in total. The summed E-state index contributed by atoms with van der Waals surface area (Å²) >= 11 is 0. The molecule has 0 aliphatic heterocycles. The molecule has 0 aromatic rings. The number of phosphoric acid groups is 1. The molecule has 0 saturated carbocycles. The highest BCUT2D eigenvalue weighted by atomic mass is 31.2. The van der Waals surface area contributed by atoms with Crippen LogP contribution in [0.3, 0.4) is 0 Å². The molecule has 3 atom stereocenters. The number of hydrogen-bond donors (Lipinski definition) is 3. The van der Waals surface area contributed by atoms with Crippen LogP contribution < -0.4 is 5.32 Å². The van der Waals surface area contributed by atoms with Gasteiger partial charge in [0.25, 0.3) is 0 Å². The SMILES string of the molecule is CCCC/C=C\CCCCCCCC(=O)NC(COP(=O)(O)OCC[N+](C)(C)C)C(O)/C=C/CCCCCCCCCCCCCCCC. The molecule has 0 saturated heterocycles. The van der Waals surface area contributed by atoms with E-state index >= 15 is 0 Å². The van der Waals surface area contributed by atoms with Gasteiger partial charge in [0, 0.05) is 6.42 Å². The molecule has 1 amide bonds. The van der Waals surface area contributed by atoms with Gasteiger partial charge in [-0.15, -0.1) is 0 Å². The van der Waals surface area contributed by atoms with Crippen LogP contribution in [0.5, 0.6) is 0 Å². The molecule has 0 fully saturated rings. The zero-order valence-corrected chi connectivity index (χ0v) is 33.6. The maximum absolute atomic E-state index is 12.8. The van der Waals surface area contributed by atoms with E-state index in [0.29, 0.717) is 17.4 Å². The van der Waals surface area contributed by atoms with Crippen molar-refractivity contribution in [3.63, 3.8) is 0 Å². The summed E-state index contributed by atoms with van der Waals surface area (Å²) in [5.41, 5.74) is 0. The molecule has 0 bridgehead atoms. The number of allylic oxidation sites excluding steroid dienone is 3. The topological polar surface area (TPSA) is 105 Å². The molecule has 0 aromatic heterocycles. The Kier molecular flexibility index (Phi) is 32.2. The number of unbranched alkanes of at least 4 members (excludes halogenated alkanes) is 21. The predicted octanol–water partition coefficient (Wildman–Crippen LogP) is 10.6. The van der Waals surface area contributed by atoms with E-state index in [1.165, 1.54) is 103 Å². The van der Waals surface area contributed by atoms with Crippen molar-refractivity contribution < 1.29 is 32.9 Å². The zero-order chi connectivity index (χ0) is 36.5. The van der Waals surface area contributed by atoms with Crippen LogP contribution >= 0.6 is 7.82 Å². The van der Waals surface area contributed by atoms with Gasteiger partial charge in [-0.05, 0) is 38.5 Å². The van der Waals surface area contributed by atoms with Gasteiger partial charge in [-0.25, -0.2) is 4.57 Å². The Morgan fingerprint density at radius 2 is 1.12 bits per heavy atom. The zero-order valence-electron chi connectivity index (χ0n) is 32.7. The summed E-state index contributed by atoms with van der Waals surface area (Å²) in [5.74, 6) is -0.189. The predicted molar refractivity (Wildman–Crippen MR) is 208 cm³/mol. The summed E-state index contributed by atoms with van der Waals surface area (Å²) in [6, 6.07) is -0.845. The quantitative estimate of drug-likeness (QED) is 0.0258. The highest BCUT2D eigenvalue weighted by Gasteiger charge is 2.27. The van der Waals surface area contributed by atoms with Crippen LogP contribution in [0.25, 0.3) is 0 Å². The Balaban J connectivity index is 4.49. The summed E-state index contributed by atoms with van der Waals surface area (Å²) in [5, 5.41) is 13.8. The monoisotopic (exact) mass is 716 g/mol. The van der Waals surface area contributed by atoms with Crippen molar-refractivity contribution in [3.8, 4) is 0 Å². The fourth-order valence-electron chi connectivity index (χ4n) is 5.61. The first kappa shape index (κ1) is 48.0. The van der Waals surface area contributed by atoms with E-state index in [1.807, 2.05) is 27.2 Å². The van der Waals surface area contributed by atoms with Crippen molar-refractivity contribution in [2.24, 2.45) is 0 Å². The van der Waals surface area contributed by atoms with Crippen molar-refractivity contribution in [2.75, 3.05) is 40.9 Å². The van der Waals surface area contributed by atoms with Crippen molar-refractivity contribution in [2.45, 2.75) is 187 Å². The lowest BCUT2D eigenvalue weighted by molar-refractivity contribution is -0.870. The molecule has 3 unspecified atom stereocenters. The Morgan fingerprint density at radius 1 is 0.673 bits per heavy atom. The van der Waals surface area contributed by atoms with Crippen LogP contribution in [0.4, 0.5) is 0 Å². The van der Waals surface area contributed by atoms with Crippen LogP contribution in [-0.4, -0.2) is 73.4 Å². The van der Waals surface area contributed by atoms with Gasteiger partial charge in [-0.2, -0.15) is 0 Å². The van der Waals surface area contributed by atoms with Gasteiger partial charge in [-0.1, -0.05) is 154 Å². The van der Waals surface area contributed by atoms with Crippen LogP contribution in [0.2, 0.25) is 0 Å². The van der Waals surface area contributed by atoms with E-state index in [-0.39, 0.29) is 19.1 Å². The third-order valence-electron chi connectivity index (χ3n) is 8.92. The number of amides is 1. The number of aliphatic hydroxyl groups is 1. The standard InChI is InChI=1S/C40H79N2O6P/c1-6-8-10-12-14-16-18-19-20-21-22-24-25-27-29-31-33-39(43)38(37-48-49(45,46)47-36-35-42(3,4)5)41-40(44)34-32-30-28-26-23-17-15-13-11-9-7-2/h13,15,31,33,38-39,43H,6-12,14,16-30,32,34-37H2,1-5H3,(H-,41,44,45,46)/p+1/b15-13-,33-31+. The molecule has 0 aromatic carbocycles. The Hall–Kier alpha value is -1.02. The Bertz CT molecular complexity index is 860. The van der Waals surface area contributed by atoms with E-state index in [0.717, 1.165) is 51.4 Å². The van der Waals surface area contributed by atoms with Crippen LogP contribution in [0, 0.1) is 0 Å². The first-order chi connectivity index (χ1) is 23.5. The molecule has 0 radical (unpaired) electrons. The second-order valence-electron chi connectivity index (χ2n) is 15.0. The second kappa shape index (κ2) is 32.9. The average molecular weight is 716 g/mol. The van der Waals surface area contributed by atoms with Gasteiger partial charge >= 0.3 is 7.82 Å². The summed E-state index contributed by atoms with van der Waals surface area (Å²) in [6.07, 6.45) is 36.7. The molecule has 0 aliphatic rings. The third-order valence-corrected chi connectivity index (χ3v) is 9.90. The van der Waals surface area contributed by atoms with Gasteiger partial charge in [0.2, 0.25) is 5.91 Å². The number of quaternary nitrogens is 1.